The molecule has 0 saturated carbocycles. The van der Waals surface area contributed by atoms with E-state index in [1.54, 1.807) is 7.11 Å². The number of morpholine rings is 1. The van der Waals surface area contributed by atoms with Crippen molar-refractivity contribution >= 4 is 17.6 Å². The molecule has 0 aliphatic carbocycles. The van der Waals surface area contributed by atoms with Gasteiger partial charge in [0.05, 0.1) is 26.9 Å². The predicted molar refractivity (Wildman–Crippen MR) is 120 cm³/mol. The Morgan fingerprint density at radius 2 is 1.93 bits per heavy atom. The third-order valence-electron chi connectivity index (χ3n) is 5.12. The van der Waals surface area contributed by atoms with Crippen LogP contribution in [0.1, 0.15) is 21.5 Å². The molecule has 160 valence electrons. The number of carbonyl (C=O) groups excluding carboxylic acids is 1. The van der Waals surface area contributed by atoms with Crippen LogP contribution in [0.3, 0.4) is 0 Å². The second kappa shape index (κ2) is 10.8. The molecule has 0 aromatic heterocycles. The summed E-state index contributed by atoms with van der Waals surface area (Å²) in [5, 5.41) is 6.13. The number of aryl methyl sites for hydroxylation is 2. The Hall–Kier alpha value is -2.90. The number of rotatable bonds is 6. The Morgan fingerprint density at radius 3 is 2.67 bits per heavy atom. The summed E-state index contributed by atoms with van der Waals surface area (Å²) in [6, 6.07) is 13.2. The molecule has 2 aromatic carbocycles. The molecule has 1 amide bonds. The zero-order chi connectivity index (χ0) is 21.3. The van der Waals surface area contributed by atoms with Gasteiger partial charge in [-0.05, 0) is 49.2 Å². The van der Waals surface area contributed by atoms with Crippen molar-refractivity contribution in [3.8, 4) is 5.75 Å². The standard InChI is InChI=1S/C23H30N4O3/c1-17-7-8-19(15-18(17)2)22(28)26-23(24-9-10-27-11-13-30-14-12-27)25-20-5-4-6-21(16-20)29-3/h4-8,15-16H,9-14H2,1-3H3,(H2,24,25,26,28). The van der Waals surface area contributed by atoms with Crippen LogP contribution in [0.5, 0.6) is 5.75 Å². The van der Waals surface area contributed by atoms with E-state index in [1.165, 1.54) is 0 Å². The summed E-state index contributed by atoms with van der Waals surface area (Å²) in [5.41, 5.74) is 3.63. The lowest BCUT2D eigenvalue weighted by Crippen LogP contribution is -2.39. The number of ether oxygens (including phenoxy) is 2. The van der Waals surface area contributed by atoms with Crippen LogP contribution >= 0.6 is 0 Å². The minimum Gasteiger partial charge on any atom is -0.497 e. The molecule has 2 aromatic rings. The number of anilines is 1. The zero-order valence-electron chi connectivity index (χ0n) is 17.9. The summed E-state index contributed by atoms with van der Waals surface area (Å²) in [7, 11) is 1.62. The SMILES string of the molecule is COc1cccc(NC(=NCCN2CCOCC2)NC(=O)c2ccc(C)c(C)c2)c1. The summed E-state index contributed by atoms with van der Waals surface area (Å²) in [6.45, 7) is 8.72. The molecule has 2 N–H and O–H groups in total. The van der Waals surface area contributed by atoms with E-state index in [0.717, 1.165) is 55.4 Å². The number of aliphatic imine (C=N–C) groups is 1. The average Bonchev–Trinajstić information content (AvgIpc) is 2.76. The van der Waals surface area contributed by atoms with Gasteiger partial charge in [-0.25, -0.2) is 0 Å². The molecule has 1 saturated heterocycles. The molecular weight excluding hydrogens is 380 g/mol. The summed E-state index contributed by atoms with van der Waals surface area (Å²) in [5.74, 6) is 0.950. The van der Waals surface area contributed by atoms with E-state index in [-0.39, 0.29) is 5.91 Å². The van der Waals surface area contributed by atoms with Gasteiger partial charge in [0.25, 0.3) is 5.91 Å². The number of nitrogens with zero attached hydrogens (tertiary/aromatic N) is 2. The lowest BCUT2D eigenvalue weighted by molar-refractivity contribution is 0.0394. The second-order valence-corrected chi connectivity index (χ2v) is 7.29. The zero-order valence-corrected chi connectivity index (χ0v) is 17.9. The van der Waals surface area contributed by atoms with E-state index in [4.69, 9.17) is 9.47 Å². The molecular formula is C23H30N4O3. The molecule has 1 fully saturated rings. The largest absolute Gasteiger partial charge is 0.497 e. The number of carbonyl (C=O) groups is 1. The molecule has 1 aliphatic rings. The van der Waals surface area contributed by atoms with Crippen LogP contribution in [0, 0.1) is 13.8 Å². The van der Waals surface area contributed by atoms with E-state index in [1.807, 2.05) is 56.3 Å². The van der Waals surface area contributed by atoms with Gasteiger partial charge in [0, 0.05) is 37.0 Å². The van der Waals surface area contributed by atoms with Crippen molar-refractivity contribution in [3.05, 3.63) is 59.2 Å². The average molecular weight is 411 g/mol. The van der Waals surface area contributed by atoms with Crippen molar-refractivity contribution in [2.75, 3.05) is 51.8 Å². The fraction of sp³-hybridized carbons (Fsp3) is 0.391. The first kappa shape index (κ1) is 21.8. The normalized spacial score (nSPS) is 15.0. The smallest absolute Gasteiger partial charge is 0.257 e. The fourth-order valence-corrected chi connectivity index (χ4v) is 3.14. The molecule has 0 radical (unpaired) electrons. The van der Waals surface area contributed by atoms with Gasteiger partial charge in [-0.3, -0.25) is 20.0 Å². The number of guanidine groups is 1. The molecule has 7 heteroatoms. The van der Waals surface area contributed by atoms with Crippen molar-refractivity contribution in [2.24, 2.45) is 4.99 Å². The van der Waals surface area contributed by atoms with Crippen LogP contribution in [0.25, 0.3) is 0 Å². The quantitative estimate of drug-likeness (QED) is 0.566. The first-order valence-corrected chi connectivity index (χ1v) is 10.2. The lowest BCUT2D eigenvalue weighted by Gasteiger charge is -2.25. The highest BCUT2D eigenvalue weighted by atomic mass is 16.5. The molecule has 30 heavy (non-hydrogen) atoms. The molecule has 1 heterocycles. The maximum absolute atomic E-state index is 12.8. The van der Waals surface area contributed by atoms with E-state index < -0.39 is 0 Å². The van der Waals surface area contributed by atoms with E-state index >= 15 is 0 Å². The first-order chi connectivity index (χ1) is 14.5. The molecule has 0 atom stereocenters. The molecule has 7 nitrogen and oxygen atoms in total. The summed E-state index contributed by atoms with van der Waals surface area (Å²) >= 11 is 0. The van der Waals surface area contributed by atoms with Gasteiger partial charge in [-0.2, -0.15) is 0 Å². The van der Waals surface area contributed by atoms with Crippen LogP contribution in [-0.4, -0.2) is 63.3 Å². The van der Waals surface area contributed by atoms with Gasteiger partial charge in [0.15, 0.2) is 0 Å². The third kappa shape index (κ3) is 6.30. The van der Waals surface area contributed by atoms with Crippen molar-refractivity contribution in [1.82, 2.24) is 10.2 Å². The molecule has 0 bridgehead atoms. The van der Waals surface area contributed by atoms with Gasteiger partial charge in [0.1, 0.15) is 5.75 Å². The Labute approximate surface area is 178 Å². The van der Waals surface area contributed by atoms with Crippen LogP contribution in [0.2, 0.25) is 0 Å². The van der Waals surface area contributed by atoms with E-state index in [2.05, 4.69) is 20.5 Å². The maximum Gasteiger partial charge on any atom is 0.257 e. The minimum atomic E-state index is -0.196. The van der Waals surface area contributed by atoms with Gasteiger partial charge in [-0.15, -0.1) is 0 Å². The molecule has 0 spiro atoms. The van der Waals surface area contributed by atoms with Gasteiger partial charge < -0.3 is 14.8 Å². The maximum atomic E-state index is 12.8. The van der Waals surface area contributed by atoms with Gasteiger partial charge in [-0.1, -0.05) is 12.1 Å². The summed E-state index contributed by atoms with van der Waals surface area (Å²) in [6.07, 6.45) is 0. The topological polar surface area (TPSA) is 75.2 Å². The highest BCUT2D eigenvalue weighted by Gasteiger charge is 2.12. The predicted octanol–water partition coefficient (Wildman–Crippen LogP) is 2.84. The van der Waals surface area contributed by atoms with Crippen molar-refractivity contribution in [2.45, 2.75) is 13.8 Å². The fourth-order valence-electron chi connectivity index (χ4n) is 3.14. The monoisotopic (exact) mass is 410 g/mol. The summed E-state index contributed by atoms with van der Waals surface area (Å²) in [4.78, 5) is 19.7. The minimum absolute atomic E-state index is 0.196. The molecule has 0 unspecified atom stereocenters. The van der Waals surface area contributed by atoms with Crippen molar-refractivity contribution in [3.63, 3.8) is 0 Å². The number of hydrogen-bond acceptors (Lipinski definition) is 5. The van der Waals surface area contributed by atoms with Crippen LogP contribution in [0.4, 0.5) is 5.69 Å². The number of nitrogens with one attached hydrogen (secondary N) is 2. The van der Waals surface area contributed by atoms with Crippen LogP contribution < -0.4 is 15.4 Å². The number of amides is 1. The van der Waals surface area contributed by atoms with Gasteiger partial charge >= 0.3 is 0 Å². The first-order valence-electron chi connectivity index (χ1n) is 10.2. The Kier molecular flexibility index (Phi) is 7.82. The number of methoxy groups -OCH3 is 1. The highest BCUT2D eigenvalue weighted by Crippen LogP contribution is 2.16. The Morgan fingerprint density at radius 1 is 1.13 bits per heavy atom. The Balaban J connectivity index is 1.72. The third-order valence-corrected chi connectivity index (χ3v) is 5.12. The number of hydrogen-bond donors (Lipinski definition) is 2. The molecule has 1 aliphatic heterocycles. The van der Waals surface area contributed by atoms with Crippen LogP contribution in [-0.2, 0) is 4.74 Å². The lowest BCUT2D eigenvalue weighted by atomic mass is 10.1. The highest BCUT2D eigenvalue weighted by molar-refractivity contribution is 6.10. The van der Waals surface area contributed by atoms with E-state index in [0.29, 0.717) is 18.1 Å². The Bertz CT molecular complexity index is 892. The second-order valence-electron chi connectivity index (χ2n) is 7.29. The van der Waals surface area contributed by atoms with Crippen molar-refractivity contribution in [1.29, 1.82) is 0 Å². The van der Waals surface area contributed by atoms with Crippen molar-refractivity contribution < 1.29 is 14.3 Å². The summed E-state index contributed by atoms with van der Waals surface area (Å²) < 4.78 is 10.7. The number of benzene rings is 2. The molecule has 3 rings (SSSR count). The van der Waals surface area contributed by atoms with E-state index in [9.17, 15) is 4.79 Å². The van der Waals surface area contributed by atoms with Crippen LogP contribution in [0.15, 0.2) is 47.5 Å². The van der Waals surface area contributed by atoms with Gasteiger partial charge in [0.2, 0.25) is 5.96 Å².